The van der Waals surface area contributed by atoms with Gasteiger partial charge in [-0.05, 0) is 31.2 Å². The number of carbonyl (C=O) groups is 2. The molecule has 1 N–H and O–H groups in total. The molecule has 6 heteroatoms. The van der Waals surface area contributed by atoms with Crippen LogP contribution in [-0.4, -0.2) is 25.5 Å². The molecule has 20 heavy (non-hydrogen) atoms. The molecule has 0 aromatic heterocycles. The molecule has 1 aromatic rings. The SMILES string of the molecule is CCOC(=O)C(=O)C(C#N)=CNc1ccc(OC)cc1. The van der Waals surface area contributed by atoms with Crippen molar-refractivity contribution in [2.45, 2.75) is 6.92 Å². The molecule has 0 spiro atoms. The monoisotopic (exact) mass is 274 g/mol. The van der Waals surface area contributed by atoms with Gasteiger partial charge in [-0.3, -0.25) is 4.79 Å². The first kappa shape index (κ1) is 15.2. The highest BCUT2D eigenvalue weighted by Crippen LogP contribution is 2.15. The van der Waals surface area contributed by atoms with E-state index in [4.69, 9.17) is 10.00 Å². The lowest BCUT2D eigenvalue weighted by molar-refractivity contribution is -0.151. The maximum absolute atomic E-state index is 11.6. The minimum atomic E-state index is -1.04. The molecule has 0 aliphatic rings. The Kier molecular flexibility index (Phi) is 5.78. The summed E-state index contributed by atoms with van der Waals surface area (Å²) in [6.07, 6.45) is 1.17. The summed E-state index contributed by atoms with van der Waals surface area (Å²) in [6, 6.07) is 8.51. The molecule has 0 unspecified atom stereocenters. The van der Waals surface area contributed by atoms with Crippen molar-refractivity contribution < 1.29 is 19.1 Å². The number of esters is 1. The average Bonchev–Trinajstić information content (AvgIpc) is 2.48. The van der Waals surface area contributed by atoms with E-state index in [1.54, 1.807) is 44.4 Å². The molecule has 0 fully saturated rings. The Balaban J connectivity index is 2.77. The maximum atomic E-state index is 11.6. The van der Waals surface area contributed by atoms with Gasteiger partial charge in [0.1, 0.15) is 17.4 Å². The van der Waals surface area contributed by atoms with Crippen LogP contribution in [0, 0.1) is 11.3 Å². The third-order valence-electron chi connectivity index (χ3n) is 2.30. The molecule has 6 nitrogen and oxygen atoms in total. The maximum Gasteiger partial charge on any atom is 0.380 e. The van der Waals surface area contributed by atoms with Crippen LogP contribution in [0.25, 0.3) is 0 Å². The van der Waals surface area contributed by atoms with Gasteiger partial charge in [0, 0.05) is 11.9 Å². The number of anilines is 1. The summed E-state index contributed by atoms with van der Waals surface area (Å²) in [6.45, 7) is 1.66. The van der Waals surface area contributed by atoms with Crippen molar-refractivity contribution in [3.63, 3.8) is 0 Å². The molecule has 0 amide bonds. The van der Waals surface area contributed by atoms with Gasteiger partial charge in [-0.1, -0.05) is 0 Å². The lowest BCUT2D eigenvalue weighted by atomic mass is 10.2. The fourth-order valence-electron chi connectivity index (χ4n) is 1.30. The van der Waals surface area contributed by atoms with Crippen molar-refractivity contribution >= 4 is 17.4 Å². The second kappa shape index (κ2) is 7.59. The molecular weight excluding hydrogens is 260 g/mol. The smallest absolute Gasteiger partial charge is 0.380 e. The molecule has 0 atom stereocenters. The van der Waals surface area contributed by atoms with Crippen LogP contribution in [0.1, 0.15) is 6.92 Å². The van der Waals surface area contributed by atoms with Crippen molar-refractivity contribution in [1.82, 2.24) is 0 Å². The predicted octanol–water partition coefficient (Wildman–Crippen LogP) is 1.65. The lowest BCUT2D eigenvalue weighted by Crippen LogP contribution is -2.19. The van der Waals surface area contributed by atoms with E-state index < -0.39 is 11.8 Å². The Hall–Kier alpha value is -2.81. The van der Waals surface area contributed by atoms with Crippen LogP contribution >= 0.6 is 0 Å². The molecule has 0 saturated carbocycles. The number of methoxy groups -OCH3 is 1. The van der Waals surface area contributed by atoms with Gasteiger partial charge in [0.25, 0.3) is 5.78 Å². The quantitative estimate of drug-likeness (QED) is 0.367. The van der Waals surface area contributed by atoms with Crippen LogP contribution in [0.3, 0.4) is 0 Å². The molecule has 1 rings (SSSR count). The summed E-state index contributed by atoms with van der Waals surface area (Å²) in [4.78, 5) is 22.8. The topological polar surface area (TPSA) is 88.4 Å². The first-order valence-electron chi connectivity index (χ1n) is 5.84. The molecule has 0 heterocycles. The molecule has 0 radical (unpaired) electrons. The highest BCUT2D eigenvalue weighted by Gasteiger charge is 2.19. The number of hydrogen-bond acceptors (Lipinski definition) is 6. The van der Waals surface area contributed by atoms with Crippen molar-refractivity contribution in [2.24, 2.45) is 0 Å². The van der Waals surface area contributed by atoms with Gasteiger partial charge in [0.05, 0.1) is 13.7 Å². The normalized spacial score (nSPS) is 10.3. The van der Waals surface area contributed by atoms with Crippen molar-refractivity contribution in [1.29, 1.82) is 5.26 Å². The minimum absolute atomic E-state index is 0.0786. The van der Waals surface area contributed by atoms with E-state index in [9.17, 15) is 9.59 Å². The highest BCUT2D eigenvalue weighted by atomic mass is 16.5. The zero-order valence-electron chi connectivity index (χ0n) is 11.2. The zero-order valence-corrected chi connectivity index (χ0v) is 11.2. The molecular formula is C14H14N2O4. The van der Waals surface area contributed by atoms with Gasteiger partial charge in [-0.15, -0.1) is 0 Å². The third-order valence-corrected chi connectivity index (χ3v) is 2.30. The predicted molar refractivity (Wildman–Crippen MR) is 72.0 cm³/mol. The summed E-state index contributed by atoms with van der Waals surface area (Å²) >= 11 is 0. The van der Waals surface area contributed by atoms with Crippen LogP contribution in [0.4, 0.5) is 5.69 Å². The molecule has 0 bridgehead atoms. The molecule has 104 valence electrons. The van der Waals surface area contributed by atoms with Gasteiger partial charge < -0.3 is 14.8 Å². The fourth-order valence-corrected chi connectivity index (χ4v) is 1.30. The second-order valence-corrected chi connectivity index (χ2v) is 3.59. The van der Waals surface area contributed by atoms with Gasteiger partial charge >= 0.3 is 5.97 Å². The first-order valence-corrected chi connectivity index (χ1v) is 5.84. The van der Waals surface area contributed by atoms with Crippen LogP contribution in [-0.2, 0) is 14.3 Å². The minimum Gasteiger partial charge on any atom is -0.497 e. The number of nitrogens with one attached hydrogen (secondary N) is 1. The number of ether oxygens (including phenoxy) is 2. The van der Waals surface area contributed by atoms with E-state index in [0.717, 1.165) is 0 Å². The zero-order chi connectivity index (χ0) is 15.0. The molecule has 1 aromatic carbocycles. The van der Waals surface area contributed by atoms with E-state index in [0.29, 0.717) is 11.4 Å². The van der Waals surface area contributed by atoms with E-state index in [1.807, 2.05) is 0 Å². The number of benzene rings is 1. The summed E-state index contributed by atoms with van der Waals surface area (Å²) in [7, 11) is 1.55. The van der Waals surface area contributed by atoms with Gasteiger partial charge in [0.15, 0.2) is 0 Å². The molecule has 0 aliphatic carbocycles. The van der Waals surface area contributed by atoms with Crippen molar-refractivity contribution in [3.8, 4) is 11.8 Å². The van der Waals surface area contributed by atoms with Crippen molar-refractivity contribution in [3.05, 3.63) is 36.0 Å². The number of rotatable bonds is 6. The molecule has 0 aliphatic heterocycles. The Morgan fingerprint density at radius 3 is 2.50 bits per heavy atom. The van der Waals surface area contributed by atoms with E-state index in [2.05, 4.69) is 10.1 Å². The number of hydrogen-bond donors (Lipinski definition) is 1. The number of carbonyl (C=O) groups excluding carboxylic acids is 2. The summed E-state index contributed by atoms with van der Waals surface area (Å²) < 4.78 is 9.55. The number of nitriles is 1. The first-order chi connectivity index (χ1) is 9.62. The number of ketones is 1. The number of Topliss-reactive ketones (excluding diaryl/α,β-unsaturated/α-hetero) is 1. The lowest BCUT2D eigenvalue weighted by Gasteiger charge is -2.04. The third kappa shape index (κ3) is 4.14. The number of nitrogens with zero attached hydrogens (tertiary/aromatic N) is 1. The highest BCUT2D eigenvalue weighted by molar-refractivity contribution is 6.41. The van der Waals surface area contributed by atoms with Gasteiger partial charge in [-0.25, -0.2) is 4.79 Å². The van der Waals surface area contributed by atoms with E-state index in [-0.39, 0.29) is 12.2 Å². The van der Waals surface area contributed by atoms with E-state index in [1.165, 1.54) is 6.20 Å². The fraction of sp³-hybridized carbons (Fsp3) is 0.214. The largest absolute Gasteiger partial charge is 0.497 e. The van der Waals surface area contributed by atoms with Crippen LogP contribution in [0.2, 0.25) is 0 Å². The standard InChI is InChI=1S/C14H14N2O4/c1-3-20-14(18)13(17)10(8-15)9-16-11-4-6-12(19-2)7-5-11/h4-7,9,16H,3H2,1-2H3. The van der Waals surface area contributed by atoms with Gasteiger partial charge in [0.2, 0.25) is 0 Å². The summed E-state index contributed by atoms with van der Waals surface area (Å²) in [5.74, 6) is -1.34. The summed E-state index contributed by atoms with van der Waals surface area (Å²) in [5, 5.41) is 11.6. The van der Waals surface area contributed by atoms with Crippen molar-refractivity contribution in [2.75, 3.05) is 19.0 Å². The van der Waals surface area contributed by atoms with Crippen LogP contribution in [0.15, 0.2) is 36.0 Å². The van der Waals surface area contributed by atoms with Gasteiger partial charge in [-0.2, -0.15) is 5.26 Å². The average molecular weight is 274 g/mol. The van der Waals surface area contributed by atoms with E-state index >= 15 is 0 Å². The Morgan fingerprint density at radius 1 is 1.35 bits per heavy atom. The summed E-state index contributed by atoms with van der Waals surface area (Å²) in [5.41, 5.74) is 0.328. The van der Waals surface area contributed by atoms with Crippen LogP contribution < -0.4 is 10.1 Å². The Bertz CT molecular complexity index is 556. The van der Waals surface area contributed by atoms with Crippen LogP contribution in [0.5, 0.6) is 5.75 Å². The second-order valence-electron chi connectivity index (χ2n) is 3.59. The Labute approximate surface area is 116 Å². The Morgan fingerprint density at radius 2 is 2.00 bits per heavy atom. The molecule has 0 saturated heterocycles.